The minimum atomic E-state index is 0. The molecule has 1 aromatic rings. The number of hydrogen-bond donors (Lipinski definition) is 0. The molecule has 2 rings (SSSR count). The number of carbonyl (C=O) groups is 1. The van der Waals surface area contributed by atoms with Crippen molar-refractivity contribution in [1.29, 1.82) is 0 Å². The predicted octanol–water partition coefficient (Wildman–Crippen LogP) is 3.04. The summed E-state index contributed by atoms with van der Waals surface area (Å²) >= 11 is 3.42. The Labute approximate surface area is 133 Å². The third-order valence-corrected chi connectivity index (χ3v) is 4.00. The van der Waals surface area contributed by atoms with Crippen molar-refractivity contribution in [2.24, 2.45) is 0 Å². The second-order valence-electron chi connectivity index (χ2n) is 4.42. The highest BCUT2D eigenvalue weighted by molar-refractivity contribution is 9.10. The molecular weight excluding hydrogens is 370 g/mol. The quantitative estimate of drug-likeness (QED) is 0.546. The van der Waals surface area contributed by atoms with Gasteiger partial charge < -0.3 is 0 Å². The van der Waals surface area contributed by atoms with E-state index in [-0.39, 0.29) is 21.8 Å². The number of rotatable bonds is 1. The number of benzene rings is 1. The van der Waals surface area contributed by atoms with Gasteiger partial charge in [-0.1, -0.05) is 46.0 Å². The molecule has 1 atom stereocenters. The van der Waals surface area contributed by atoms with Gasteiger partial charge in [0.25, 0.3) is 0 Å². The molecule has 2 nitrogen and oxygen atoms in total. The van der Waals surface area contributed by atoms with Gasteiger partial charge in [-0.15, -0.1) is 17.0 Å². The molecule has 0 aliphatic carbocycles. The van der Waals surface area contributed by atoms with Crippen LogP contribution in [-0.4, -0.2) is 35.1 Å². The molecule has 1 unspecified atom stereocenters. The maximum Gasteiger partial charge on any atom is 0.147 e. The third-order valence-electron chi connectivity index (χ3n) is 3.03. The van der Waals surface area contributed by atoms with Crippen LogP contribution in [0, 0.1) is 11.8 Å². The molecule has 1 aliphatic heterocycles. The van der Waals surface area contributed by atoms with E-state index in [0.29, 0.717) is 12.2 Å². The number of Topliss-reactive ketones (excluding diaryl/α,β-unsaturated/α-hetero) is 1. The largest absolute Gasteiger partial charge is 0.298 e. The molecule has 1 heterocycles. The highest BCUT2D eigenvalue weighted by Gasteiger charge is 2.20. The Hall–Kier alpha value is -0.630. The van der Waals surface area contributed by atoms with Gasteiger partial charge in [0.05, 0.1) is 11.4 Å². The number of alkyl halides is 1. The van der Waals surface area contributed by atoms with Crippen molar-refractivity contribution in [3.63, 3.8) is 0 Å². The molecule has 1 aliphatic rings. The summed E-state index contributed by atoms with van der Waals surface area (Å²) in [7, 11) is 0. The van der Waals surface area contributed by atoms with Crippen LogP contribution in [0.1, 0.15) is 18.4 Å². The maximum atomic E-state index is 11.5. The maximum absolute atomic E-state index is 11.5. The number of likely N-dealkylation sites (tertiary alicyclic amines) is 1. The number of halogens is 2. The molecule has 0 spiro atoms. The zero-order valence-electron chi connectivity index (χ0n) is 10.6. The fourth-order valence-electron chi connectivity index (χ4n) is 1.93. The summed E-state index contributed by atoms with van der Waals surface area (Å²) in [6.07, 6.45) is 1.51. The number of carbonyl (C=O) groups excluding carboxylic acids is 1. The zero-order valence-corrected chi connectivity index (χ0v) is 13.9. The fraction of sp³-hybridized carbons (Fsp3) is 0.400. The monoisotopic (exact) mass is 385 g/mol. The molecule has 1 fully saturated rings. The topological polar surface area (TPSA) is 20.3 Å². The Balaban J connectivity index is 0.00000180. The van der Waals surface area contributed by atoms with Gasteiger partial charge in [0, 0.05) is 25.1 Å². The molecule has 0 saturated carbocycles. The van der Waals surface area contributed by atoms with Gasteiger partial charge in [-0.05, 0) is 18.6 Å². The third kappa shape index (κ3) is 5.48. The van der Waals surface area contributed by atoms with E-state index in [0.717, 1.165) is 31.6 Å². The smallest absolute Gasteiger partial charge is 0.147 e. The first-order valence-corrected chi connectivity index (χ1v) is 7.10. The lowest BCUT2D eigenvalue weighted by atomic mass is 10.2. The van der Waals surface area contributed by atoms with Gasteiger partial charge in [-0.3, -0.25) is 9.69 Å². The molecule has 19 heavy (non-hydrogen) atoms. The first kappa shape index (κ1) is 16.4. The summed E-state index contributed by atoms with van der Waals surface area (Å²) in [6, 6.07) is 9.98. The Morgan fingerprint density at radius 2 is 2.00 bits per heavy atom. The fourth-order valence-corrected chi connectivity index (χ4v) is 2.36. The molecule has 0 radical (unpaired) electrons. The SMILES string of the molecule is Br.O=C1CCN(CC#Cc2ccccc2)CCC1Br. The number of ketones is 1. The minimum Gasteiger partial charge on any atom is -0.298 e. The molecule has 0 aromatic heterocycles. The first-order valence-electron chi connectivity index (χ1n) is 6.19. The molecule has 1 saturated heterocycles. The van der Waals surface area contributed by atoms with E-state index in [9.17, 15) is 4.79 Å². The number of hydrogen-bond acceptors (Lipinski definition) is 2. The first-order chi connectivity index (χ1) is 8.75. The molecular formula is C15H17Br2NO. The highest BCUT2D eigenvalue weighted by Crippen LogP contribution is 2.14. The Bertz CT molecular complexity index is 464. The lowest BCUT2D eigenvalue weighted by molar-refractivity contribution is -0.118. The van der Waals surface area contributed by atoms with Gasteiger partial charge >= 0.3 is 0 Å². The summed E-state index contributed by atoms with van der Waals surface area (Å²) in [6.45, 7) is 2.50. The van der Waals surface area contributed by atoms with E-state index < -0.39 is 0 Å². The van der Waals surface area contributed by atoms with Gasteiger partial charge in [0.2, 0.25) is 0 Å². The predicted molar refractivity (Wildman–Crippen MR) is 87.0 cm³/mol. The van der Waals surface area contributed by atoms with Crippen LogP contribution in [0.15, 0.2) is 30.3 Å². The highest BCUT2D eigenvalue weighted by atomic mass is 79.9. The van der Waals surface area contributed by atoms with Crippen LogP contribution in [0.4, 0.5) is 0 Å². The lowest BCUT2D eigenvalue weighted by Gasteiger charge is -2.15. The average molecular weight is 387 g/mol. The van der Waals surface area contributed by atoms with Gasteiger partial charge in [0.15, 0.2) is 0 Å². The van der Waals surface area contributed by atoms with Crippen molar-refractivity contribution in [3.05, 3.63) is 35.9 Å². The molecule has 0 amide bonds. The second-order valence-corrected chi connectivity index (χ2v) is 5.52. The van der Waals surface area contributed by atoms with Crippen LogP contribution < -0.4 is 0 Å². The van der Waals surface area contributed by atoms with E-state index in [2.05, 4.69) is 32.7 Å². The van der Waals surface area contributed by atoms with E-state index in [1.54, 1.807) is 0 Å². The van der Waals surface area contributed by atoms with E-state index in [1.807, 2.05) is 30.3 Å². The van der Waals surface area contributed by atoms with Crippen molar-refractivity contribution >= 4 is 38.7 Å². The van der Waals surface area contributed by atoms with E-state index in [4.69, 9.17) is 0 Å². The molecule has 4 heteroatoms. The molecule has 0 N–H and O–H groups in total. The molecule has 102 valence electrons. The van der Waals surface area contributed by atoms with Crippen molar-refractivity contribution in [2.45, 2.75) is 17.7 Å². The average Bonchev–Trinajstić information content (AvgIpc) is 2.55. The van der Waals surface area contributed by atoms with E-state index in [1.165, 1.54) is 0 Å². The Morgan fingerprint density at radius 1 is 1.26 bits per heavy atom. The van der Waals surface area contributed by atoms with Gasteiger partial charge in [0.1, 0.15) is 5.78 Å². The van der Waals surface area contributed by atoms with Crippen LogP contribution in [0.5, 0.6) is 0 Å². The van der Waals surface area contributed by atoms with Crippen molar-refractivity contribution in [3.8, 4) is 11.8 Å². The zero-order chi connectivity index (χ0) is 12.8. The lowest BCUT2D eigenvalue weighted by Crippen LogP contribution is -2.25. The van der Waals surface area contributed by atoms with Crippen molar-refractivity contribution in [1.82, 2.24) is 4.90 Å². The van der Waals surface area contributed by atoms with Gasteiger partial charge in [-0.25, -0.2) is 0 Å². The second kappa shape index (κ2) is 8.52. The normalized spacial score (nSPS) is 19.8. The number of nitrogens with zero attached hydrogens (tertiary/aromatic N) is 1. The summed E-state index contributed by atoms with van der Waals surface area (Å²) < 4.78 is 0. The summed E-state index contributed by atoms with van der Waals surface area (Å²) in [5.41, 5.74) is 1.04. The minimum absolute atomic E-state index is 0. The Kier molecular flexibility index (Phi) is 7.37. The molecule has 0 bridgehead atoms. The Morgan fingerprint density at radius 3 is 2.74 bits per heavy atom. The van der Waals surface area contributed by atoms with Crippen molar-refractivity contribution < 1.29 is 4.79 Å². The van der Waals surface area contributed by atoms with Crippen LogP contribution >= 0.6 is 32.9 Å². The summed E-state index contributed by atoms with van der Waals surface area (Å²) in [5, 5.41) is 0. The van der Waals surface area contributed by atoms with Crippen LogP contribution in [0.25, 0.3) is 0 Å². The van der Waals surface area contributed by atoms with Crippen molar-refractivity contribution in [2.75, 3.05) is 19.6 Å². The van der Waals surface area contributed by atoms with Crippen LogP contribution in [0.2, 0.25) is 0 Å². The summed E-state index contributed by atoms with van der Waals surface area (Å²) in [5.74, 6) is 6.64. The van der Waals surface area contributed by atoms with Crippen LogP contribution in [-0.2, 0) is 4.79 Å². The summed E-state index contributed by atoms with van der Waals surface area (Å²) in [4.78, 5) is 13.8. The van der Waals surface area contributed by atoms with Gasteiger partial charge in [-0.2, -0.15) is 0 Å². The van der Waals surface area contributed by atoms with E-state index >= 15 is 0 Å². The standard InChI is InChI=1S/C15H16BrNO.BrH/c16-14-8-11-17(12-9-15(14)18)10-4-7-13-5-2-1-3-6-13;/h1-3,5-6,14H,8-12H2;1H. The molecule has 1 aromatic carbocycles. The van der Waals surface area contributed by atoms with Crippen LogP contribution in [0.3, 0.4) is 0 Å².